The average molecular weight is 438 g/mol. The number of aliphatic hydroxyl groups excluding tert-OH is 1. The lowest BCUT2D eigenvalue weighted by Gasteiger charge is -2.23. The van der Waals surface area contributed by atoms with Crippen molar-refractivity contribution < 1.29 is 5.11 Å². The van der Waals surface area contributed by atoms with Crippen LogP contribution < -0.4 is 33.2 Å². The van der Waals surface area contributed by atoms with Crippen LogP contribution in [0.4, 0.5) is 23.0 Å². The highest BCUT2D eigenvalue weighted by atomic mass is 16.3. The largest absolute Gasteiger partial charge is 0.391 e. The fourth-order valence-electron chi connectivity index (χ4n) is 4.38. The van der Waals surface area contributed by atoms with Crippen LogP contribution in [-0.2, 0) is 26.2 Å². The van der Waals surface area contributed by atoms with Crippen LogP contribution in [0.15, 0.2) is 9.59 Å². The van der Waals surface area contributed by atoms with Crippen LogP contribution >= 0.6 is 0 Å². The van der Waals surface area contributed by atoms with Crippen molar-refractivity contribution in [1.29, 1.82) is 0 Å². The third kappa shape index (κ3) is 3.92. The number of aliphatic hydroxyl groups is 1. The Kier molecular flexibility index (Phi) is 6.41. The van der Waals surface area contributed by atoms with Gasteiger partial charge in [0.25, 0.3) is 11.1 Å². The van der Waals surface area contributed by atoms with Crippen LogP contribution in [0, 0.1) is 0 Å². The van der Waals surface area contributed by atoms with E-state index >= 15 is 0 Å². The van der Waals surface area contributed by atoms with Gasteiger partial charge in [0.1, 0.15) is 17.2 Å². The van der Waals surface area contributed by atoms with Crippen molar-refractivity contribution in [2.75, 3.05) is 49.3 Å². The third-order valence-electron chi connectivity index (χ3n) is 6.11. The first kappa shape index (κ1) is 22.8. The van der Waals surface area contributed by atoms with E-state index < -0.39 is 6.10 Å². The van der Waals surface area contributed by atoms with Crippen molar-refractivity contribution in [1.82, 2.24) is 23.6 Å². The molecule has 2 aliphatic heterocycles. The fraction of sp³-hybridized carbons (Fsp3) is 0.684. The number of nitrogens with two attached hydrogens (primary N) is 3. The summed E-state index contributed by atoms with van der Waals surface area (Å²) in [4.78, 5) is 27.9. The Morgan fingerprint density at radius 1 is 0.935 bits per heavy atom. The van der Waals surface area contributed by atoms with E-state index in [0.29, 0.717) is 24.8 Å². The van der Waals surface area contributed by atoms with E-state index in [-0.39, 0.29) is 29.2 Å². The molecule has 2 aromatic heterocycles. The highest BCUT2D eigenvalue weighted by Crippen LogP contribution is 2.26. The van der Waals surface area contributed by atoms with Crippen molar-refractivity contribution >= 4 is 23.0 Å². The second-order valence-electron chi connectivity index (χ2n) is 8.25. The van der Waals surface area contributed by atoms with Crippen LogP contribution in [0.3, 0.4) is 0 Å². The summed E-state index contributed by atoms with van der Waals surface area (Å²) < 4.78 is 6.60. The Morgan fingerprint density at radius 3 is 2.06 bits per heavy atom. The highest BCUT2D eigenvalue weighted by molar-refractivity contribution is 5.63. The molecule has 0 bridgehead atoms. The molecule has 31 heavy (non-hydrogen) atoms. The first-order valence-electron chi connectivity index (χ1n) is 10.6. The number of nitrogen functional groups attached to an aromatic ring is 3. The molecular formula is C19H35N9O3. The minimum absolute atomic E-state index is 0.0624. The smallest absolute Gasteiger partial charge is 0.292 e. The summed E-state index contributed by atoms with van der Waals surface area (Å²) in [6.07, 6.45) is 0.586. The van der Waals surface area contributed by atoms with Gasteiger partial charge in [-0.15, -0.1) is 0 Å². The monoisotopic (exact) mass is 437 g/mol. The lowest BCUT2D eigenvalue weighted by atomic mass is 10.2. The summed E-state index contributed by atoms with van der Waals surface area (Å²) in [5.41, 5.74) is 17.1. The number of fused-ring (bicyclic) bond motifs is 1. The maximum absolute atomic E-state index is 12.2. The zero-order chi connectivity index (χ0) is 23.0. The minimum Gasteiger partial charge on any atom is -0.391 e. The third-order valence-corrected chi connectivity index (χ3v) is 6.11. The lowest BCUT2D eigenvalue weighted by Crippen LogP contribution is -2.32. The van der Waals surface area contributed by atoms with Gasteiger partial charge in [-0.25, -0.2) is 9.36 Å². The molecule has 0 amide bonds. The Hall–Kier alpha value is -2.86. The van der Waals surface area contributed by atoms with Gasteiger partial charge < -0.3 is 32.1 Å². The second-order valence-corrected chi connectivity index (χ2v) is 8.25. The van der Waals surface area contributed by atoms with Crippen molar-refractivity contribution in [3.63, 3.8) is 0 Å². The topological polar surface area (TPSA) is 159 Å². The number of hydrogen-bond donors (Lipinski definition) is 4. The number of aromatic nitrogens is 4. The van der Waals surface area contributed by atoms with Gasteiger partial charge in [-0.2, -0.15) is 0 Å². The van der Waals surface area contributed by atoms with Gasteiger partial charge in [0.05, 0.1) is 19.2 Å². The van der Waals surface area contributed by atoms with Gasteiger partial charge >= 0.3 is 0 Å². The molecule has 0 aliphatic carbocycles. The number of rotatable bonds is 4. The average Bonchev–Trinajstić information content (AvgIpc) is 3.46. The normalized spacial score (nSPS) is 20.3. The van der Waals surface area contributed by atoms with Crippen LogP contribution in [0.25, 0.3) is 0 Å². The summed E-state index contributed by atoms with van der Waals surface area (Å²) in [6, 6.07) is 0.532. The Bertz CT molecular complexity index is 1050. The van der Waals surface area contributed by atoms with Crippen molar-refractivity contribution in [3.8, 4) is 0 Å². The van der Waals surface area contributed by atoms with Crippen molar-refractivity contribution in [2.45, 2.75) is 58.6 Å². The van der Waals surface area contributed by atoms with Crippen LogP contribution in [0.1, 0.15) is 20.3 Å². The quantitative estimate of drug-likeness (QED) is 0.455. The molecule has 2 atom stereocenters. The molecule has 12 heteroatoms. The van der Waals surface area contributed by atoms with Crippen molar-refractivity contribution in [3.05, 3.63) is 20.7 Å². The maximum atomic E-state index is 12.2. The molecule has 4 heterocycles. The van der Waals surface area contributed by atoms with E-state index in [1.807, 2.05) is 18.5 Å². The van der Waals surface area contributed by atoms with Crippen LogP contribution in [0.2, 0.25) is 0 Å². The van der Waals surface area contributed by atoms with E-state index in [1.165, 1.54) is 9.36 Å². The first-order chi connectivity index (χ1) is 14.6. The number of likely N-dealkylation sites (N-methyl/N-ethyl adjacent to an activating group) is 1. The van der Waals surface area contributed by atoms with E-state index in [2.05, 4.69) is 23.9 Å². The van der Waals surface area contributed by atoms with Crippen molar-refractivity contribution in [2.24, 2.45) is 0 Å². The van der Waals surface area contributed by atoms with Gasteiger partial charge in [0, 0.05) is 32.2 Å². The number of anilines is 4. The summed E-state index contributed by atoms with van der Waals surface area (Å²) in [5, 5.41) is 9.20. The van der Waals surface area contributed by atoms with Gasteiger partial charge in [-0.05, 0) is 34.4 Å². The molecule has 2 aliphatic rings. The van der Waals surface area contributed by atoms with E-state index in [4.69, 9.17) is 17.2 Å². The summed E-state index contributed by atoms with van der Waals surface area (Å²) in [6.45, 7) is 7.96. The molecule has 0 saturated carbocycles. The standard InChI is InChI=1S/C13H25N5O.C6H10N4O2/c1-5-17-12(11(14)13(19)18(17)6-2)16-8-7-10(9-16)15(3)4;7-4-5(8)9-1-3(11)2-10(9)6(4)12/h10H,5-9,14H2,1-4H3;3,11H,1-2,7-8H2. The molecule has 1 saturated heterocycles. The molecule has 4 rings (SSSR count). The number of nitrogens with zero attached hydrogens (tertiary/aromatic N) is 6. The van der Waals surface area contributed by atoms with E-state index in [9.17, 15) is 14.7 Å². The first-order valence-corrected chi connectivity index (χ1v) is 10.6. The molecule has 1 fully saturated rings. The number of hydrogen-bond acceptors (Lipinski definition) is 8. The SMILES string of the molecule is CCn1c(N2CCC(N(C)C)C2)c(N)c(=O)n1CC.Nc1c(N)n2n(c1=O)CC(O)C2. The van der Waals surface area contributed by atoms with Crippen LogP contribution in [0.5, 0.6) is 0 Å². The lowest BCUT2D eigenvalue weighted by molar-refractivity contribution is 0.170. The molecule has 2 unspecified atom stereocenters. The Balaban J connectivity index is 0.000000194. The molecule has 174 valence electrons. The van der Waals surface area contributed by atoms with E-state index in [1.54, 1.807) is 4.68 Å². The zero-order valence-corrected chi connectivity index (χ0v) is 18.8. The zero-order valence-electron chi connectivity index (χ0n) is 18.8. The molecule has 7 N–H and O–H groups in total. The molecular weight excluding hydrogens is 402 g/mol. The van der Waals surface area contributed by atoms with E-state index in [0.717, 1.165) is 31.9 Å². The van der Waals surface area contributed by atoms with Gasteiger partial charge in [0.2, 0.25) is 0 Å². The maximum Gasteiger partial charge on any atom is 0.292 e. The fourth-order valence-corrected chi connectivity index (χ4v) is 4.38. The van der Waals surface area contributed by atoms with Crippen LogP contribution in [-0.4, -0.2) is 68.1 Å². The predicted octanol–water partition coefficient (Wildman–Crippen LogP) is -1.40. The molecule has 0 aromatic carbocycles. The molecule has 0 radical (unpaired) electrons. The Morgan fingerprint density at radius 2 is 1.55 bits per heavy atom. The van der Waals surface area contributed by atoms with Gasteiger partial charge in [0.15, 0.2) is 5.82 Å². The summed E-state index contributed by atoms with van der Waals surface area (Å²) in [5.74, 6) is 1.15. The molecule has 2 aromatic rings. The van der Waals surface area contributed by atoms with Gasteiger partial charge in [-0.1, -0.05) is 0 Å². The predicted molar refractivity (Wildman–Crippen MR) is 122 cm³/mol. The minimum atomic E-state index is -0.527. The molecule has 0 spiro atoms. The molecule has 12 nitrogen and oxygen atoms in total. The van der Waals surface area contributed by atoms with Gasteiger partial charge in [-0.3, -0.25) is 19.0 Å². The highest BCUT2D eigenvalue weighted by Gasteiger charge is 2.29. The Labute approximate surface area is 181 Å². The summed E-state index contributed by atoms with van der Waals surface area (Å²) >= 11 is 0. The summed E-state index contributed by atoms with van der Waals surface area (Å²) in [7, 11) is 4.20. The second kappa shape index (κ2) is 8.71.